The molecule has 2 nitrogen and oxygen atoms in total. The Morgan fingerprint density at radius 2 is 2.31 bits per heavy atom. The minimum atomic E-state index is -0.417. The van der Waals surface area contributed by atoms with E-state index in [4.69, 9.17) is 5.26 Å². The summed E-state index contributed by atoms with van der Waals surface area (Å²) in [5, 5.41) is 11.7. The summed E-state index contributed by atoms with van der Waals surface area (Å²) >= 11 is 3.06. The second-order valence-corrected chi connectivity index (χ2v) is 3.98. The number of rotatable bonds is 4. The largest absolute Gasteiger partial charge is 0.382 e. The van der Waals surface area contributed by atoms with Crippen LogP contribution in [-0.4, -0.2) is 6.54 Å². The molecule has 0 atom stereocenters. The lowest BCUT2D eigenvalue weighted by Crippen LogP contribution is -2.03. The second kappa shape index (κ2) is 6.29. The molecule has 0 aliphatic carbocycles. The molecule has 1 aromatic carbocycles. The number of halogens is 2. The molecule has 0 fully saturated rings. The summed E-state index contributed by atoms with van der Waals surface area (Å²) in [6.07, 6.45) is 4.80. The molecule has 16 heavy (non-hydrogen) atoms. The van der Waals surface area contributed by atoms with Crippen LogP contribution < -0.4 is 5.32 Å². The fourth-order valence-electron chi connectivity index (χ4n) is 1.23. The molecule has 1 aromatic rings. The molecule has 0 bridgehead atoms. The van der Waals surface area contributed by atoms with Gasteiger partial charge in [0.25, 0.3) is 0 Å². The summed E-state index contributed by atoms with van der Waals surface area (Å²) in [7, 11) is 0. The van der Waals surface area contributed by atoms with Crippen molar-refractivity contribution in [1.29, 1.82) is 5.26 Å². The van der Waals surface area contributed by atoms with Crippen LogP contribution >= 0.6 is 15.9 Å². The Labute approximate surface area is 103 Å². The van der Waals surface area contributed by atoms with Gasteiger partial charge in [-0.3, -0.25) is 0 Å². The number of nitrogens with one attached hydrogen (secondary N) is 1. The molecule has 0 radical (unpaired) electrons. The van der Waals surface area contributed by atoms with E-state index in [2.05, 4.69) is 21.2 Å². The van der Waals surface area contributed by atoms with E-state index in [-0.39, 0.29) is 4.47 Å². The molecule has 0 spiro atoms. The van der Waals surface area contributed by atoms with Crippen molar-refractivity contribution in [2.75, 3.05) is 11.9 Å². The Bertz CT molecular complexity index is 435. The first-order valence-corrected chi connectivity index (χ1v) is 5.73. The van der Waals surface area contributed by atoms with Crippen LogP contribution in [0.1, 0.15) is 18.9 Å². The third-order valence-electron chi connectivity index (χ3n) is 2.06. The van der Waals surface area contributed by atoms with Gasteiger partial charge in [0, 0.05) is 6.54 Å². The van der Waals surface area contributed by atoms with E-state index < -0.39 is 5.82 Å². The molecule has 0 heterocycles. The van der Waals surface area contributed by atoms with Gasteiger partial charge in [0.2, 0.25) is 0 Å². The third kappa shape index (κ3) is 3.07. The first-order chi connectivity index (χ1) is 7.70. The van der Waals surface area contributed by atoms with Gasteiger partial charge in [-0.25, -0.2) is 4.39 Å². The van der Waals surface area contributed by atoms with Crippen molar-refractivity contribution in [3.05, 3.63) is 40.1 Å². The van der Waals surface area contributed by atoms with Gasteiger partial charge in [-0.2, -0.15) is 5.26 Å². The van der Waals surface area contributed by atoms with Crippen LogP contribution in [0.3, 0.4) is 0 Å². The highest BCUT2D eigenvalue weighted by atomic mass is 79.9. The molecule has 1 rings (SSSR count). The molecule has 0 aliphatic rings. The standard InChI is InChI=1S/C12H12BrFN2/c1-2-3-4-7-16-10-6-5-9(8-15)11(13)12(10)14/h2-3,5-6,16H,4,7H2,1H3/b3-2+. The van der Waals surface area contributed by atoms with E-state index in [1.807, 2.05) is 25.1 Å². The van der Waals surface area contributed by atoms with Gasteiger partial charge < -0.3 is 5.32 Å². The van der Waals surface area contributed by atoms with Crippen LogP contribution in [0.4, 0.5) is 10.1 Å². The van der Waals surface area contributed by atoms with Gasteiger partial charge in [-0.1, -0.05) is 12.2 Å². The predicted octanol–water partition coefficient (Wildman–Crippen LogP) is 3.84. The van der Waals surface area contributed by atoms with Gasteiger partial charge in [0.1, 0.15) is 6.07 Å². The summed E-state index contributed by atoms with van der Waals surface area (Å²) in [5.74, 6) is -0.417. The van der Waals surface area contributed by atoms with Crippen molar-refractivity contribution >= 4 is 21.6 Å². The van der Waals surface area contributed by atoms with E-state index in [9.17, 15) is 4.39 Å². The Hall–Kier alpha value is -1.34. The number of hydrogen-bond acceptors (Lipinski definition) is 2. The molecule has 84 valence electrons. The average molecular weight is 283 g/mol. The van der Waals surface area contributed by atoms with Gasteiger partial charge in [0.05, 0.1) is 15.7 Å². The minimum Gasteiger partial charge on any atom is -0.382 e. The van der Waals surface area contributed by atoms with Crippen LogP contribution in [0.2, 0.25) is 0 Å². The number of allylic oxidation sites excluding steroid dienone is 1. The first-order valence-electron chi connectivity index (χ1n) is 4.93. The highest BCUT2D eigenvalue weighted by Crippen LogP contribution is 2.26. The van der Waals surface area contributed by atoms with E-state index >= 15 is 0 Å². The SMILES string of the molecule is C/C=C/CCNc1ccc(C#N)c(Br)c1F. The smallest absolute Gasteiger partial charge is 0.161 e. The quantitative estimate of drug-likeness (QED) is 0.673. The predicted molar refractivity (Wildman–Crippen MR) is 66.7 cm³/mol. The van der Waals surface area contributed by atoms with E-state index in [1.165, 1.54) is 0 Å². The van der Waals surface area contributed by atoms with Crippen LogP contribution in [0.15, 0.2) is 28.8 Å². The molecule has 1 N–H and O–H groups in total. The minimum absolute atomic E-state index is 0.214. The van der Waals surface area contributed by atoms with E-state index in [1.54, 1.807) is 12.1 Å². The Balaban J connectivity index is 2.76. The van der Waals surface area contributed by atoms with Crippen LogP contribution in [0.25, 0.3) is 0 Å². The van der Waals surface area contributed by atoms with Crippen molar-refractivity contribution in [3.63, 3.8) is 0 Å². The molecule has 0 amide bonds. The maximum Gasteiger partial charge on any atom is 0.161 e. The van der Waals surface area contributed by atoms with Gasteiger partial charge >= 0.3 is 0 Å². The van der Waals surface area contributed by atoms with Crippen LogP contribution in [0, 0.1) is 17.1 Å². The molecule has 0 unspecified atom stereocenters. The molecular weight excluding hydrogens is 271 g/mol. The van der Waals surface area contributed by atoms with Crippen molar-refractivity contribution in [2.24, 2.45) is 0 Å². The molecule has 4 heteroatoms. The molecule has 0 aliphatic heterocycles. The van der Waals surface area contributed by atoms with Crippen molar-refractivity contribution in [3.8, 4) is 6.07 Å². The Kier molecular flexibility index (Phi) is 5.00. The summed E-state index contributed by atoms with van der Waals surface area (Å²) in [6.45, 7) is 2.61. The normalized spacial score (nSPS) is 10.4. The van der Waals surface area contributed by atoms with Gasteiger partial charge in [-0.15, -0.1) is 0 Å². The lowest BCUT2D eigenvalue weighted by Gasteiger charge is -2.07. The molecular formula is C12H12BrFN2. The summed E-state index contributed by atoms with van der Waals surface area (Å²) in [5.41, 5.74) is 0.715. The van der Waals surface area contributed by atoms with E-state index in [0.29, 0.717) is 17.8 Å². The zero-order valence-corrected chi connectivity index (χ0v) is 10.5. The van der Waals surface area contributed by atoms with Crippen LogP contribution in [-0.2, 0) is 0 Å². The maximum absolute atomic E-state index is 13.7. The maximum atomic E-state index is 13.7. The van der Waals surface area contributed by atoms with Crippen molar-refractivity contribution in [2.45, 2.75) is 13.3 Å². The first kappa shape index (κ1) is 12.7. The lowest BCUT2D eigenvalue weighted by molar-refractivity contribution is 0.623. The Morgan fingerprint density at radius 3 is 2.94 bits per heavy atom. The highest BCUT2D eigenvalue weighted by Gasteiger charge is 2.09. The average Bonchev–Trinajstić information content (AvgIpc) is 2.30. The van der Waals surface area contributed by atoms with Crippen molar-refractivity contribution < 1.29 is 4.39 Å². The zero-order valence-electron chi connectivity index (χ0n) is 8.93. The number of anilines is 1. The Morgan fingerprint density at radius 1 is 1.56 bits per heavy atom. The fraction of sp³-hybridized carbons (Fsp3) is 0.250. The van der Waals surface area contributed by atoms with Gasteiger partial charge in [0.15, 0.2) is 5.82 Å². The monoisotopic (exact) mass is 282 g/mol. The van der Waals surface area contributed by atoms with Crippen LogP contribution in [0.5, 0.6) is 0 Å². The second-order valence-electron chi connectivity index (χ2n) is 3.18. The summed E-state index contributed by atoms with van der Waals surface area (Å²) in [4.78, 5) is 0. The number of benzene rings is 1. The zero-order chi connectivity index (χ0) is 12.0. The number of nitriles is 1. The summed E-state index contributed by atoms with van der Waals surface area (Å²) < 4.78 is 13.9. The molecule has 0 saturated carbocycles. The fourth-order valence-corrected chi connectivity index (χ4v) is 1.66. The third-order valence-corrected chi connectivity index (χ3v) is 2.84. The topological polar surface area (TPSA) is 35.8 Å². The van der Waals surface area contributed by atoms with Gasteiger partial charge in [-0.05, 0) is 41.4 Å². The lowest BCUT2D eigenvalue weighted by atomic mass is 10.2. The summed E-state index contributed by atoms with van der Waals surface area (Å²) in [6, 6.07) is 5.08. The van der Waals surface area contributed by atoms with Crippen molar-refractivity contribution in [1.82, 2.24) is 0 Å². The van der Waals surface area contributed by atoms with E-state index in [0.717, 1.165) is 6.42 Å². The molecule has 0 saturated heterocycles. The highest BCUT2D eigenvalue weighted by molar-refractivity contribution is 9.10. The number of nitrogens with zero attached hydrogens (tertiary/aromatic N) is 1. The number of hydrogen-bond donors (Lipinski definition) is 1. The molecule has 0 aromatic heterocycles.